The number of benzene rings is 1. The van der Waals surface area contributed by atoms with Crippen molar-refractivity contribution in [2.75, 3.05) is 19.7 Å². The highest BCUT2D eigenvalue weighted by atomic mass is 16.5. The number of carbonyl (C=O) groups excluding carboxylic acids is 2. The van der Waals surface area contributed by atoms with Crippen LogP contribution in [0.3, 0.4) is 0 Å². The Morgan fingerprint density at radius 3 is 2.80 bits per heavy atom. The van der Waals surface area contributed by atoms with Crippen molar-refractivity contribution in [1.29, 1.82) is 0 Å². The van der Waals surface area contributed by atoms with E-state index in [-0.39, 0.29) is 23.7 Å². The fourth-order valence-corrected chi connectivity index (χ4v) is 3.15. The lowest BCUT2D eigenvalue weighted by Crippen LogP contribution is -2.46. The van der Waals surface area contributed by atoms with Crippen LogP contribution in [0, 0.1) is 11.8 Å². The van der Waals surface area contributed by atoms with Crippen molar-refractivity contribution >= 4 is 11.8 Å². The van der Waals surface area contributed by atoms with E-state index < -0.39 is 0 Å². The van der Waals surface area contributed by atoms with E-state index in [2.05, 4.69) is 5.32 Å². The lowest BCUT2D eigenvalue weighted by atomic mass is 9.95. The highest BCUT2D eigenvalue weighted by molar-refractivity contribution is 5.82. The van der Waals surface area contributed by atoms with E-state index in [1.807, 2.05) is 49.9 Å². The summed E-state index contributed by atoms with van der Waals surface area (Å²) in [6, 6.07) is 7.75. The summed E-state index contributed by atoms with van der Waals surface area (Å²) in [6.07, 6.45) is 2.55. The number of rotatable bonds is 7. The maximum Gasteiger partial charge on any atom is 0.225 e. The standard InChI is InChI=1S/C20H30N2O3/c1-4-15(3)20(24)22-12-8-10-17(14-22)19(23)21-13-16-9-6-7-11-18(16)25-5-2/h6-7,9,11,15,17H,4-5,8,10,12-14H2,1-3H3,(H,21,23)/t15-,17-/m0/s1. The molecule has 0 aliphatic carbocycles. The second kappa shape index (κ2) is 9.44. The highest BCUT2D eigenvalue weighted by Gasteiger charge is 2.29. The zero-order chi connectivity index (χ0) is 18.2. The van der Waals surface area contributed by atoms with Crippen LogP contribution in [0.15, 0.2) is 24.3 Å². The first-order chi connectivity index (χ1) is 12.1. The third kappa shape index (κ3) is 5.21. The average molecular weight is 346 g/mol. The summed E-state index contributed by atoms with van der Waals surface area (Å²) in [5.41, 5.74) is 0.973. The molecule has 0 spiro atoms. The van der Waals surface area contributed by atoms with E-state index >= 15 is 0 Å². The van der Waals surface area contributed by atoms with Crippen LogP contribution in [-0.4, -0.2) is 36.4 Å². The molecule has 25 heavy (non-hydrogen) atoms. The zero-order valence-electron chi connectivity index (χ0n) is 15.6. The largest absolute Gasteiger partial charge is 0.494 e. The molecule has 1 aliphatic heterocycles. The van der Waals surface area contributed by atoms with Gasteiger partial charge in [0.05, 0.1) is 12.5 Å². The molecule has 2 atom stereocenters. The molecule has 0 saturated carbocycles. The first-order valence-electron chi connectivity index (χ1n) is 9.34. The van der Waals surface area contributed by atoms with Gasteiger partial charge in [0.2, 0.25) is 11.8 Å². The van der Waals surface area contributed by atoms with Crippen molar-refractivity contribution in [2.45, 2.75) is 46.6 Å². The number of carbonyl (C=O) groups is 2. The fraction of sp³-hybridized carbons (Fsp3) is 0.600. The van der Waals surface area contributed by atoms with Gasteiger partial charge in [-0.25, -0.2) is 0 Å². The molecule has 1 heterocycles. The van der Waals surface area contributed by atoms with Crippen LogP contribution < -0.4 is 10.1 Å². The van der Waals surface area contributed by atoms with Crippen LogP contribution in [0.5, 0.6) is 5.75 Å². The van der Waals surface area contributed by atoms with Gasteiger partial charge in [-0.05, 0) is 32.3 Å². The molecule has 1 aromatic carbocycles. The van der Waals surface area contributed by atoms with Gasteiger partial charge in [0.15, 0.2) is 0 Å². The Hall–Kier alpha value is -2.04. The number of nitrogens with one attached hydrogen (secondary N) is 1. The number of nitrogens with zero attached hydrogens (tertiary/aromatic N) is 1. The quantitative estimate of drug-likeness (QED) is 0.826. The monoisotopic (exact) mass is 346 g/mol. The molecule has 138 valence electrons. The molecule has 1 saturated heterocycles. The number of ether oxygens (including phenoxy) is 1. The molecule has 1 fully saturated rings. The van der Waals surface area contributed by atoms with E-state index in [4.69, 9.17) is 4.74 Å². The lowest BCUT2D eigenvalue weighted by Gasteiger charge is -2.33. The number of hydrogen-bond acceptors (Lipinski definition) is 3. The topological polar surface area (TPSA) is 58.6 Å². The first-order valence-corrected chi connectivity index (χ1v) is 9.34. The van der Waals surface area contributed by atoms with Crippen molar-refractivity contribution < 1.29 is 14.3 Å². The third-order valence-corrected chi connectivity index (χ3v) is 4.86. The smallest absolute Gasteiger partial charge is 0.225 e. The van der Waals surface area contributed by atoms with Gasteiger partial charge in [-0.1, -0.05) is 32.0 Å². The van der Waals surface area contributed by atoms with Crippen LogP contribution in [0.25, 0.3) is 0 Å². The Kier molecular flexibility index (Phi) is 7.29. The van der Waals surface area contributed by atoms with Gasteiger partial charge < -0.3 is 15.0 Å². The van der Waals surface area contributed by atoms with Gasteiger partial charge in [0.1, 0.15) is 5.75 Å². The SMILES string of the molecule is CCOc1ccccc1CNC(=O)[C@H]1CCCN(C(=O)[C@@H](C)CC)C1. The molecule has 1 aromatic rings. The maximum atomic E-state index is 12.6. The fourth-order valence-electron chi connectivity index (χ4n) is 3.15. The van der Waals surface area contributed by atoms with E-state index in [0.717, 1.165) is 37.1 Å². The molecule has 0 aromatic heterocycles. The first kappa shape index (κ1) is 19.3. The number of piperidine rings is 1. The van der Waals surface area contributed by atoms with E-state index in [9.17, 15) is 9.59 Å². The molecule has 0 unspecified atom stereocenters. The summed E-state index contributed by atoms with van der Waals surface area (Å²) >= 11 is 0. The molecule has 2 rings (SSSR count). The van der Waals surface area contributed by atoms with Gasteiger partial charge in [0, 0.05) is 31.1 Å². The van der Waals surface area contributed by atoms with Crippen LogP contribution in [0.4, 0.5) is 0 Å². The highest BCUT2D eigenvalue weighted by Crippen LogP contribution is 2.21. The molecule has 1 aliphatic rings. The minimum absolute atomic E-state index is 0.0213. The minimum Gasteiger partial charge on any atom is -0.494 e. The maximum absolute atomic E-state index is 12.6. The molecule has 5 heteroatoms. The predicted octanol–water partition coefficient (Wildman–Crippen LogP) is 2.99. The normalized spacial score (nSPS) is 18.5. The second-order valence-corrected chi connectivity index (χ2v) is 6.69. The van der Waals surface area contributed by atoms with Crippen molar-refractivity contribution in [3.63, 3.8) is 0 Å². The zero-order valence-corrected chi connectivity index (χ0v) is 15.6. The number of likely N-dealkylation sites (tertiary alicyclic amines) is 1. The van der Waals surface area contributed by atoms with Crippen LogP contribution in [0.2, 0.25) is 0 Å². The van der Waals surface area contributed by atoms with Gasteiger partial charge in [-0.3, -0.25) is 9.59 Å². The Bertz CT molecular complexity index is 588. The van der Waals surface area contributed by atoms with E-state index in [1.54, 1.807) is 0 Å². The third-order valence-electron chi connectivity index (χ3n) is 4.86. The summed E-state index contributed by atoms with van der Waals surface area (Å²) in [5.74, 6) is 0.901. The molecule has 5 nitrogen and oxygen atoms in total. The van der Waals surface area contributed by atoms with E-state index in [1.165, 1.54) is 0 Å². The van der Waals surface area contributed by atoms with Crippen LogP contribution in [0.1, 0.15) is 45.6 Å². The van der Waals surface area contributed by atoms with Crippen molar-refractivity contribution in [1.82, 2.24) is 10.2 Å². The van der Waals surface area contributed by atoms with Crippen molar-refractivity contribution in [2.24, 2.45) is 11.8 Å². The number of para-hydroxylation sites is 1. The molecule has 0 bridgehead atoms. The Balaban J connectivity index is 1.91. The van der Waals surface area contributed by atoms with Crippen LogP contribution >= 0.6 is 0 Å². The molecule has 2 amide bonds. The minimum atomic E-state index is -0.124. The van der Waals surface area contributed by atoms with Crippen molar-refractivity contribution in [3.8, 4) is 5.75 Å². The molecule has 1 N–H and O–H groups in total. The Morgan fingerprint density at radius 1 is 1.32 bits per heavy atom. The lowest BCUT2D eigenvalue weighted by molar-refractivity contribution is -0.139. The average Bonchev–Trinajstić information content (AvgIpc) is 2.66. The van der Waals surface area contributed by atoms with E-state index in [0.29, 0.717) is 19.7 Å². The van der Waals surface area contributed by atoms with Gasteiger partial charge in [-0.2, -0.15) is 0 Å². The summed E-state index contributed by atoms with van der Waals surface area (Å²) < 4.78 is 5.60. The summed E-state index contributed by atoms with van der Waals surface area (Å²) in [5, 5.41) is 3.01. The number of hydrogen-bond donors (Lipinski definition) is 1. The van der Waals surface area contributed by atoms with Crippen molar-refractivity contribution in [3.05, 3.63) is 29.8 Å². The molecular weight excluding hydrogens is 316 g/mol. The molecular formula is C20H30N2O3. The second-order valence-electron chi connectivity index (χ2n) is 6.69. The van der Waals surface area contributed by atoms with Crippen LogP contribution in [-0.2, 0) is 16.1 Å². The Morgan fingerprint density at radius 2 is 2.08 bits per heavy atom. The van der Waals surface area contributed by atoms with Gasteiger partial charge >= 0.3 is 0 Å². The summed E-state index contributed by atoms with van der Waals surface area (Å²) in [7, 11) is 0. The van der Waals surface area contributed by atoms with Gasteiger partial charge in [0.25, 0.3) is 0 Å². The van der Waals surface area contributed by atoms with Gasteiger partial charge in [-0.15, -0.1) is 0 Å². The molecule has 0 radical (unpaired) electrons. The predicted molar refractivity (Wildman–Crippen MR) is 98.2 cm³/mol. The summed E-state index contributed by atoms with van der Waals surface area (Å²) in [6.45, 7) is 8.26. The number of amides is 2. The summed E-state index contributed by atoms with van der Waals surface area (Å²) in [4.78, 5) is 26.8. The Labute approximate surface area is 150 Å².